The van der Waals surface area contributed by atoms with Crippen LogP contribution in [0, 0.1) is 6.92 Å². The summed E-state index contributed by atoms with van der Waals surface area (Å²) in [6.07, 6.45) is 2.09. The summed E-state index contributed by atoms with van der Waals surface area (Å²) in [5, 5.41) is 0. The Bertz CT molecular complexity index is 513. The quantitative estimate of drug-likeness (QED) is 0.347. The number of alkyl halides is 1. The lowest BCUT2D eigenvalue weighted by Gasteiger charge is -2.09. The molecule has 0 aliphatic heterocycles. The number of aryl methyl sites for hydroxylation is 2. The van der Waals surface area contributed by atoms with Crippen molar-refractivity contribution in [1.82, 2.24) is 4.57 Å². The number of aromatic nitrogens is 1. The monoisotopic (exact) mass is 355 g/mol. The molecule has 1 nitrogen and oxygen atoms in total. The molecule has 0 fully saturated rings. The van der Waals surface area contributed by atoms with Crippen molar-refractivity contribution in [3.05, 3.63) is 59.4 Å². The third kappa shape index (κ3) is 2.96. The minimum atomic E-state index is 0.930. The molecule has 0 radical (unpaired) electrons. The van der Waals surface area contributed by atoms with E-state index in [2.05, 4.69) is 76.7 Å². The van der Waals surface area contributed by atoms with Crippen LogP contribution in [0.1, 0.15) is 16.8 Å². The van der Waals surface area contributed by atoms with E-state index in [1.54, 1.807) is 0 Å². The van der Waals surface area contributed by atoms with E-state index in [0.29, 0.717) is 0 Å². The van der Waals surface area contributed by atoms with Crippen LogP contribution < -0.4 is 0 Å². The molecule has 0 amide bonds. The van der Waals surface area contributed by atoms with Gasteiger partial charge in [-0.05, 0) is 24.6 Å². The number of thiocarbonyl (C=S) groups is 1. The average molecular weight is 355 g/mol. The summed E-state index contributed by atoms with van der Waals surface area (Å²) in [5.41, 5.74) is 3.53. The highest BCUT2D eigenvalue weighted by Crippen LogP contribution is 2.13. The number of benzene rings is 1. The maximum atomic E-state index is 5.56. The van der Waals surface area contributed by atoms with Crippen LogP contribution in [0.15, 0.2) is 42.6 Å². The SMILES string of the molecule is Cc1ccc(C(=S)c2cccn2CCI)cc1. The summed E-state index contributed by atoms with van der Waals surface area (Å²) in [7, 11) is 0. The number of nitrogens with zero attached hydrogens (tertiary/aromatic N) is 1. The number of hydrogen-bond donors (Lipinski definition) is 0. The zero-order valence-electron chi connectivity index (χ0n) is 9.69. The van der Waals surface area contributed by atoms with Crippen molar-refractivity contribution in [2.75, 3.05) is 4.43 Å². The molecule has 0 saturated heterocycles. The summed E-state index contributed by atoms with van der Waals surface area (Å²) in [5.74, 6) is 0. The molecule has 0 aliphatic rings. The fourth-order valence-electron chi connectivity index (χ4n) is 1.76. The zero-order valence-corrected chi connectivity index (χ0v) is 12.7. The zero-order chi connectivity index (χ0) is 12.3. The third-order valence-corrected chi connectivity index (χ3v) is 3.63. The first-order valence-electron chi connectivity index (χ1n) is 5.55. The Hall–Kier alpha value is -0.680. The van der Waals surface area contributed by atoms with E-state index in [-0.39, 0.29) is 0 Å². The molecule has 0 N–H and O–H groups in total. The van der Waals surface area contributed by atoms with Crippen molar-refractivity contribution in [2.45, 2.75) is 13.5 Å². The first kappa shape index (κ1) is 12.8. The molecule has 2 aromatic rings. The second kappa shape index (κ2) is 5.78. The fourth-order valence-corrected chi connectivity index (χ4v) is 2.60. The van der Waals surface area contributed by atoms with Crippen LogP contribution in [0.2, 0.25) is 0 Å². The highest BCUT2D eigenvalue weighted by atomic mass is 127. The Morgan fingerprint density at radius 2 is 1.94 bits per heavy atom. The molecule has 0 saturated carbocycles. The maximum absolute atomic E-state index is 5.56. The van der Waals surface area contributed by atoms with Gasteiger partial charge < -0.3 is 4.57 Å². The topological polar surface area (TPSA) is 4.93 Å². The lowest BCUT2D eigenvalue weighted by Crippen LogP contribution is -2.09. The van der Waals surface area contributed by atoms with Crippen LogP contribution >= 0.6 is 34.8 Å². The van der Waals surface area contributed by atoms with E-state index in [0.717, 1.165) is 27.1 Å². The summed E-state index contributed by atoms with van der Waals surface area (Å²) >= 11 is 7.95. The van der Waals surface area contributed by atoms with Gasteiger partial charge in [0.25, 0.3) is 0 Å². The van der Waals surface area contributed by atoms with Gasteiger partial charge in [-0.1, -0.05) is 64.6 Å². The van der Waals surface area contributed by atoms with Crippen molar-refractivity contribution in [1.29, 1.82) is 0 Å². The molecule has 0 aliphatic carbocycles. The summed E-state index contributed by atoms with van der Waals surface area (Å²) in [6.45, 7) is 3.10. The molecule has 1 heterocycles. The number of halogens is 1. The summed E-state index contributed by atoms with van der Waals surface area (Å²) in [6, 6.07) is 12.6. The molecule has 0 bridgehead atoms. The van der Waals surface area contributed by atoms with Gasteiger partial charge in [-0.2, -0.15) is 0 Å². The molecule has 1 aromatic carbocycles. The Labute approximate surface area is 121 Å². The van der Waals surface area contributed by atoms with Crippen molar-refractivity contribution < 1.29 is 0 Å². The molecule has 0 unspecified atom stereocenters. The van der Waals surface area contributed by atoms with Gasteiger partial charge in [0.1, 0.15) is 0 Å². The minimum Gasteiger partial charge on any atom is -0.346 e. The maximum Gasteiger partial charge on any atom is 0.0686 e. The standard InChI is InChI=1S/C14H14INS/c1-11-4-6-12(7-5-11)14(17)13-3-2-9-16(13)10-8-15/h2-7,9H,8,10H2,1H3. The van der Waals surface area contributed by atoms with Gasteiger partial charge in [0.15, 0.2) is 0 Å². The average Bonchev–Trinajstić information content (AvgIpc) is 2.78. The Morgan fingerprint density at radius 3 is 2.59 bits per heavy atom. The van der Waals surface area contributed by atoms with Crippen LogP contribution in [0.4, 0.5) is 0 Å². The molecule has 17 heavy (non-hydrogen) atoms. The van der Waals surface area contributed by atoms with Crippen molar-refractivity contribution in [2.24, 2.45) is 0 Å². The molecule has 1 aromatic heterocycles. The van der Waals surface area contributed by atoms with E-state index < -0.39 is 0 Å². The molecule has 2 rings (SSSR count). The van der Waals surface area contributed by atoms with Gasteiger partial charge in [0.05, 0.1) is 10.6 Å². The van der Waals surface area contributed by atoms with Crippen LogP contribution in [-0.4, -0.2) is 13.9 Å². The van der Waals surface area contributed by atoms with Gasteiger partial charge in [0.2, 0.25) is 0 Å². The Balaban J connectivity index is 2.30. The largest absolute Gasteiger partial charge is 0.346 e. The summed E-state index contributed by atoms with van der Waals surface area (Å²) < 4.78 is 3.31. The molecule has 3 heteroatoms. The van der Waals surface area contributed by atoms with Crippen LogP contribution in [0.5, 0.6) is 0 Å². The molecular formula is C14H14INS. The van der Waals surface area contributed by atoms with Gasteiger partial charge in [-0.3, -0.25) is 0 Å². The third-order valence-electron chi connectivity index (χ3n) is 2.70. The van der Waals surface area contributed by atoms with Crippen LogP contribution in [-0.2, 0) is 6.54 Å². The van der Waals surface area contributed by atoms with Crippen molar-refractivity contribution in [3.63, 3.8) is 0 Å². The van der Waals surface area contributed by atoms with Crippen molar-refractivity contribution in [3.8, 4) is 0 Å². The molecule has 0 atom stereocenters. The van der Waals surface area contributed by atoms with E-state index in [1.165, 1.54) is 5.56 Å². The van der Waals surface area contributed by atoms with Crippen LogP contribution in [0.3, 0.4) is 0 Å². The fraction of sp³-hybridized carbons (Fsp3) is 0.214. The lowest BCUT2D eigenvalue weighted by atomic mass is 10.1. The second-order valence-corrected chi connectivity index (χ2v) is 5.46. The van der Waals surface area contributed by atoms with Gasteiger partial charge in [-0.25, -0.2) is 0 Å². The second-order valence-electron chi connectivity index (χ2n) is 3.97. The van der Waals surface area contributed by atoms with Crippen LogP contribution in [0.25, 0.3) is 0 Å². The Morgan fingerprint density at radius 1 is 1.24 bits per heavy atom. The van der Waals surface area contributed by atoms with Gasteiger partial charge in [-0.15, -0.1) is 0 Å². The summed E-state index contributed by atoms with van der Waals surface area (Å²) in [4.78, 5) is 0.930. The first-order chi connectivity index (χ1) is 8.22. The molecular weight excluding hydrogens is 341 g/mol. The van der Waals surface area contributed by atoms with Gasteiger partial charge in [0, 0.05) is 17.2 Å². The normalized spacial score (nSPS) is 10.5. The lowest BCUT2D eigenvalue weighted by molar-refractivity contribution is 0.781. The van der Waals surface area contributed by atoms with Gasteiger partial charge >= 0.3 is 0 Å². The minimum absolute atomic E-state index is 0.930. The highest BCUT2D eigenvalue weighted by molar-refractivity contribution is 14.1. The highest BCUT2D eigenvalue weighted by Gasteiger charge is 2.08. The first-order valence-corrected chi connectivity index (χ1v) is 7.48. The predicted octanol–water partition coefficient (Wildman–Crippen LogP) is 4.00. The van der Waals surface area contributed by atoms with E-state index >= 15 is 0 Å². The predicted molar refractivity (Wildman–Crippen MR) is 85.3 cm³/mol. The number of rotatable bonds is 4. The van der Waals surface area contributed by atoms with Crippen molar-refractivity contribution >= 4 is 39.7 Å². The van der Waals surface area contributed by atoms with E-state index in [9.17, 15) is 0 Å². The molecule has 88 valence electrons. The van der Waals surface area contributed by atoms with E-state index in [4.69, 9.17) is 12.2 Å². The Kier molecular flexibility index (Phi) is 4.34. The number of hydrogen-bond acceptors (Lipinski definition) is 1. The van der Waals surface area contributed by atoms with E-state index in [1.807, 2.05) is 0 Å². The smallest absolute Gasteiger partial charge is 0.0686 e. The molecule has 0 spiro atoms.